The van der Waals surface area contributed by atoms with Crippen LogP contribution in [0.1, 0.15) is 25.0 Å². The first kappa shape index (κ1) is 25.6. The minimum atomic E-state index is -5.66. The third-order valence-corrected chi connectivity index (χ3v) is 6.40. The molecule has 4 rings (SSSR count). The molecule has 2 aromatic carbocycles. The second kappa shape index (κ2) is 8.89. The van der Waals surface area contributed by atoms with Crippen LogP contribution in [-0.4, -0.2) is 52.0 Å². The summed E-state index contributed by atoms with van der Waals surface area (Å²) >= 11 is 0. The molecule has 4 nitrogen and oxygen atoms in total. The maximum atomic E-state index is 14.3. The largest absolute Gasteiger partial charge is 0.493 e. The Bertz CT molecular complexity index is 923. The highest BCUT2D eigenvalue weighted by molar-refractivity contribution is 5.47. The van der Waals surface area contributed by atoms with Crippen LogP contribution in [0.3, 0.4) is 0 Å². The van der Waals surface area contributed by atoms with Gasteiger partial charge in [0.2, 0.25) is 5.41 Å². The van der Waals surface area contributed by atoms with Gasteiger partial charge in [-0.25, -0.2) is 0 Å². The minimum absolute atomic E-state index is 0.178. The minimum Gasteiger partial charge on any atom is -0.493 e. The fourth-order valence-corrected chi connectivity index (χ4v) is 4.17. The maximum Gasteiger partial charge on any atom is 0.411 e. The molecule has 2 aliphatic rings. The Labute approximate surface area is 199 Å². The van der Waals surface area contributed by atoms with Crippen molar-refractivity contribution < 1.29 is 45.3 Å². The molecule has 2 aromatic rings. The molecule has 2 fully saturated rings. The van der Waals surface area contributed by atoms with Gasteiger partial charge in [0.25, 0.3) is 0 Å². The van der Waals surface area contributed by atoms with Gasteiger partial charge in [0.1, 0.15) is 11.5 Å². The van der Waals surface area contributed by atoms with Crippen LogP contribution in [0.15, 0.2) is 48.5 Å². The van der Waals surface area contributed by atoms with Gasteiger partial charge < -0.3 is 18.9 Å². The van der Waals surface area contributed by atoms with Crippen molar-refractivity contribution in [1.29, 1.82) is 0 Å². The molecule has 0 atom stereocenters. The fraction of sp³-hybridized carbons (Fsp3) is 0.520. The summed E-state index contributed by atoms with van der Waals surface area (Å²) in [6.45, 7) is 6.21. The van der Waals surface area contributed by atoms with Gasteiger partial charge in [-0.3, -0.25) is 0 Å². The summed E-state index contributed by atoms with van der Waals surface area (Å²) in [6, 6.07) is 7.78. The molecule has 192 valence electrons. The lowest BCUT2D eigenvalue weighted by Gasteiger charge is -2.39. The normalized spacial score (nSPS) is 19.4. The van der Waals surface area contributed by atoms with Gasteiger partial charge in [0.05, 0.1) is 39.6 Å². The molecule has 0 aromatic heterocycles. The molecule has 0 amide bonds. The highest BCUT2D eigenvalue weighted by atomic mass is 19.4. The van der Waals surface area contributed by atoms with E-state index in [2.05, 4.69) is 0 Å². The number of alkyl halides is 6. The van der Waals surface area contributed by atoms with E-state index in [9.17, 15) is 26.3 Å². The molecule has 2 aliphatic heterocycles. The number of ether oxygens (including phenoxy) is 4. The van der Waals surface area contributed by atoms with Crippen molar-refractivity contribution in [3.05, 3.63) is 59.7 Å². The molecular weight excluding hydrogens is 478 g/mol. The predicted octanol–water partition coefficient (Wildman–Crippen LogP) is 5.93. The highest BCUT2D eigenvalue weighted by Gasteiger charge is 2.72. The monoisotopic (exact) mass is 504 g/mol. The van der Waals surface area contributed by atoms with Crippen LogP contribution in [-0.2, 0) is 14.9 Å². The second-order valence-electron chi connectivity index (χ2n) is 9.98. The first-order valence-corrected chi connectivity index (χ1v) is 11.0. The molecule has 0 radical (unpaired) electrons. The zero-order chi connectivity index (χ0) is 25.5. The molecule has 0 saturated carbocycles. The topological polar surface area (TPSA) is 36.9 Å². The van der Waals surface area contributed by atoms with Crippen molar-refractivity contribution in [2.24, 2.45) is 10.8 Å². The summed E-state index contributed by atoms with van der Waals surface area (Å²) in [4.78, 5) is 0. The van der Waals surface area contributed by atoms with E-state index in [1.807, 2.05) is 13.8 Å². The Kier molecular flexibility index (Phi) is 6.51. The van der Waals surface area contributed by atoms with E-state index in [0.29, 0.717) is 26.4 Å². The molecule has 10 heteroatoms. The molecular formula is C25H26F6O4. The standard InChI is InChI=1S/C25H26F6O4/c1-21(11-32-12-21)15-34-19-7-3-17(4-8-19)23(24(26,27)28,25(29,30)31)18-5-9-20(10-6-18)35-16-22(2)13-33-14-22/h3-10H,11-16H2,1-2H3. The number of benzene rings is 2. The van der Waals surface area contributed by atoms with Gasteiger partial charge in [-0.1, -0.05) is 38.1 Å². The lowest BCUT2D eigenvalue weighted by atomic mass is 9.73. The third kappa shape index (κ3) is 4.82. The Balaban J connectivity index is 1.63. The third-order valence-electron chi connectivity index (χ3n) is 6.40. The lowest BCUT2D eigenvalue weighted by molar-refractivity contribution is -0.288. The van der Waals surface area contributed by atoms with Crippen LogP contribution < -0.4 is 9.47 Å². The molecule has 0 bridgehead atoms. The van der Waals surface area contributed by atoms with Gasteiger partial charge >= 0.3 is 12.4 Å². The molecule has 2 heterocycles. The van der Waals surface area contributed by atoms with E-state index in [0.717, 1.165) is 48.5 Å². The van der Waals surface area contributed by atoms with Gasteiger partial charge in [-0.05, 0) is 35.4 Å². The summed E-state index contributed by atoms with van der Waals surface area (Å²) < 4.78 is 107. The van der Waals surface area contributed by atoms with Crippen LogP contribution in [0, 0.1) is 10.8 Å². The summed E-state index contributed by atoms with van der Waals surface area (Å²) in [7, 11) is 0. The van der Waals surface area contributed by atoms with Gasteiger partial charge in [-0.2, -0.15) is 26.3 Å². The van der Waals surface area contributed by atoms with Crippen molar-refractivity contribution in [2.45, 2.75) is 31.6 Å². The van der Waals surface area contributed by atoms with Gasteiger partial charge in [-0.15, -0.1) is 0 Å². The van der Waals surface area contributed by atoms with Crippen LogP contribution >= 0.6 is 0 Å². The maximum absolute atomic E-state index is 14.3. The Morgan fingerprint density at radius 1 is 0.629 bits per heavy atom. The van der Waals surface area contributed by atoms with Crippen molar-refractivity contribution in [3.8, 4) is 11.5 Å². The number of halogens is 6. The van der Waals surface area contributed by atoms with Crippen LogP contribution in [0.2, 0.25) is 0 Å². The quantitative estimate of drug-likeness (QED) is 0.418. The van der Waals surface area contributed by atoms with E-state index in [-0.39, 0.29) is 35.5 Å². The average Bonchev–Trinajstić information content (AvgIpc) is 2.74. The van der Waals surface area contributed by atoms with Crippen molar-refractivity contribution in [1.82, 2.24) is 0 Å². The smallest absolute Gasteiger partial charge is 0.411 e. The first-order chi connectivity index (χ1) is 16.3. The van der Waals surface area contributed by atoms with Crippen LogP contribution in [0.4, 0.5) is 26.3 Å². The van der Waals surface area contributed by atoms with E-state index in [1.165, 1.54) is 0 Å². The van der Waals surface area contributed by atoms with E-state index < -0.39 is 28.9 Å². The zero-order valence-electron chi connectivity index (χ0n) is 19.3. The van der Waals surface area contributed by atoms with E-state index >= 15 is 0 Å². The Hall–Kier alpha value is -2.46. The Morgan fingerprint density at radius 3 is 1.17 bits per heavy atom. The zero-order valence-corrected chi connectivity index (χ0v) is 19.3. The van der Waals surface area contributed by atoms with Gasteiger partial charge in [0.15, 0.2) is 0 Å². The molecule has 0 unspecified atom stereocenters. The van der Waals surface area contributed by atoms with Crippen LogP contribution in [0.25, 0.3) is 0 Å². The molecule has 0 spiro atoms. The predicted molar refractivity (Wildman–Crippen MR) is 115 cm³/mol. The molecule has 0 aliphatic carbocycles. The Morgan fingerprint density at radius 2 is 0.943 bits per heavy atom. The van der Waals surface area contributed by atoms with Crippen molar-refractivity contribution >= 4 is 0 Å². The summed E-state index contributed by atoms with van der Waals surface area (Å²) in [5.74, 6) is 0.356. The summed E-state index contributed by atoms with van der Waals surface area (Å²) in [5, 5.41) is 0. The fourth-order valence-electron chi connectivity index (χ4n) is 4.17. The lowest BCUT2D eigenvalue weighted by Crippen LogP contribution is -2.54. The second-order valence-corrected chi connectivity index (χ2v) is 9.98. The average molecular weight is 504 g/mol. The number of rotatable bonds is 8. The highest BCUT2D eigenvalue weighted by Crippen LogP contribution is 2.56. The molecule has 35 heavy (non-hydrogen) atoms. The van der Waals surface area contributed by atoms with Crippen molar-refractivity contribution in [2.75, 3.05) is 39.6 Å². The van der Waals surface area contributed by atoms with Crippen LogP contribution in [0.5, 0.6) is 11.5 Å². The number of hydrogen-bond donors (Lipinski definition) is 0. The summed E-state index contributed by atoms with van der Waals surface area (Å²) in [5.41, 5.74) is -6.58. The van der Waals surface area contributed by atoms with E-state index in [4.69, 9.17) is 18.9 Å². The first-order valence-electron chi connectivity index (χ1n) is 11.0. The number of hydrogen-bond acceptors (Lipinski definition) is 4. The summed E-state index contributed by atoms with van der Waals surface area (Å²) in [6.07, 6.45) is -11.3. The van der Waals surface area contributed by atoms with E-state index in [1.54, 1.807) is 0 Å². The van der Waals surface area contributed by atoms with Gasteiger partial charge in [0, 0.05) is 10.8 Å². The SMILES string of the molecule is CC1(COc2ccc(C(c3ccc(OCC4(C)COC4)cc3)(C(F)(F)F)C(F)(F)F)cc2)COC1. The molecule has 2 saturated heterocycles. The molecule has 0 N–H and O–H groups in total. The van der Waals surface area contributed by atoms with Crippen molar-refractivity contribution in [3.63, 3.8) is 0 Å².